The summed E-state index contributed by atoms with van der Waals surface area (Å²) in [7, 11) is 0. The van der Waals surface area contributed by atoms with Crippen molar-refractivity contribution in [2.75, 3.05) is 6.79 Å². The number of carbonyl (C=O) groups excluding carboxylic acids is 1. The molecule has 2 aliphatic rings. The molecule has 2 aromatic rings. The highest BCUT2D eigenvalue weighted by molar-refractivity contribution is 6.13. The molecule has 144 valence electrons. The van der Waals surface area contributed by atoms with Crippen molar-refractivity contribution in [3.63, 3.8) is 0 Å². The standard InChI is InChI=1S/C20H15F2NO5/c1-10-5-12(6-11(2)17(10)27-20(21)22)7-14-19(24)28-18(23-14)13-3-4-15-16(8-13)26-9-25-15/h3-8,20H,9H2,1-2H3/b14-7-. The number of hydrogen-bond acceptors (Lipinski definition) is 6. The van der Waals surface area contributed by atoms with Crippen LogP contribution in [0.5, 0.6) is 17.2 Å². The first-order valence-corrected chi connectivity index (χ1v) is 8.39. The number of cyclic esters (lactones) is 1. The number of ether oxygens (including phenoxy) is 4. The Morgan fingerprint density at radius 1 is 1.11 bits per heavy atom. The highest BCUT2D eigenvalue weighted by Crippen LogP contribution is 2.34. The monoisotopic (exact) mass is 387 g/mol. The van der Waals surface area contributed by atoms with Crippen molar-refractivity contribution in [3.8, 4) is 17.2 Å². The fourth-order valence-electron chi connectivity index (χ4n) is 3.06. The highest BCUT2D eigenvalue weighted by Gasteiger charge is 2.26. The molecule has 0 N–H and O–H groups in total. The van der Waals surface area contributed by atoms with Crippen molar-refractivity contribution >= 4 is 17.9 Å². The highest BCUT2D eigenvalue weighted by atomic mass is 19.3. The predicted molar refractivity (Wildman–Crippen MR) is 95.7 cm³/mol. The van der Waals surface area contributed by atoms with Crippen LogP contribution >= 0.6 is 0 Å². The molecule has 0 fully saturated rings. The van der Waals surface area contributed by atoms with Crippen LogP contribution in [-0.4, -0.2) is 25.3 Å². The normalized spacial score (nSPS) is 16.5. The molecule has 2 aliphatic heterocycles. The fourth-order valence-corrected chi connectivity index (χ4v) is 3.06. The van der Waals surface area contributed by atoms with Gasteiger partial charge < -0.3 is 18.9 Å². The summed E-state index contributed by atoms with van der Waals surface area (Å²) in [5, 5.41) is 0. The Kier molecular flexibility index (Phi) is 4.46. The molecule has 0 bridgehead atoms. The summed E-state index contributed by atoms with van der Waals surface area (Å²) in [4.78, 5) is 16.4. The van der Waals surface area contributed by atoms with Crippen LogP contribution in [0.15, 0.2) is 41.0 Å². The van der Waals surface area contributed by atoms with E-state index in [0.717, 1.165) is 0 Å². The number of fused-ring (bicyclic) bond motifs is 1. The lowest BCUT2D eigenvalue weighted by molar-refractivity contribution is -0.129. The summed E-state index contributed by atoms with van der Waals surface area (Å²) in [6, 6.07) is 8.39. The van der Waals surface area contributed by atoms with E-state index in [-0.39, 0.29) is 24.1 Å². The molecule has 2 heterocycles. The van der Waals surface area contributed by atoms with E-state index in [0.29, 0.717) is 33.8 Å². The van der Waals surface area contributed by atoms with Gasteiger partial charge in [-0.25, -0.2) is 9.79 Å². The maximum absolute atomic E-state index is 12.5. The van der Waals surface area contributed by atoms with Crippen LogP contribution in [0.2, 0.25) is 0 Å². The molecule has 0 radical (unpaired) electrons. The van der Waals surface area contributed by atoms with Gasteiger partial charge >= 0.3 is 12.6 Å². The van der Waals surface area contributed by atoms with Gasteiger partial charge in [-0.05, 0) is 66.9 Å². The Morgan fingerprint density at radius 3 is 2.54 bits per heavy atom. The van der Waals surface area contributed by atoms with Crippen molar-refractivity contribution in [1.82, 2.24) is 0 Å². The molecule has 0 unspecified atom stereocenters. The summed E-state index contributed by atoms with van der Waals surface area (Å²) in [6.45, 7) is 0.544. The molecule has 0 amide bonds. The smallest absolute Gasteiger partial charge is 0.387 e. The largest absolute Gasteiger partial charge is 0.454 e. The lowest BCUT2D eigenvalue weighted by Crippen LogP contribution is -2.06. The summed E-state index contributed by atoms with van der Waals surface area (Å²) >= 11 is 0. The van der Waals surface area contributed by atoms with E-state index in [9.17, 15) is 13.6 Å². The van der Waals surface area contributed by atoms with Crippen LogP contribution in [-0.2, 0) is 9.53 Å². The zero-order valence-electron chi connectivity index (χ0n) is 15.0. The van der Waals surface area contributed by atoms with Gasteiger partial charge in [0.15, 0.2) is 17.2 Å². The van der Waals surface area contributed by atoms with Gasteiger partial charge in [0.2, 0.25) is 12.7 Å². The first-order valence-electron chi connectivity index (χ1n) is 8.39. The van der Waals surface area contributed by atoms with Crippen LogP contribution in [0.1, 0.15) is 22.3 Å². The molecular formula is C20H15F2NO5. The summed E-state index contributed by atoms with van der Waals surface area (Å²) in [6.07, 6.45) is 1.54. The molecule has 0 atom stereocenters. The average molecular weight is 387 g/mol. The first-order chi connectivity index (χ1) is 13.4. The molecule has 0 saturated heterocycles. The Bertz CT molecular complexity index is 1010. The number of carbonyl (C=O) groups is 1. The predicted octanol–water partition coefficient (Wildman–Crippen LogP) is 3.98. The summed E-state index contributed by atoms with van der Waals surface area (Å²) in [5.74, 6) is 0.836. The molecule has 4 rings (SSSR count). The van der Waals surface area contributed by atoms with E-state index < -0.39 is 12.6 Å². The van der Waals surface area contributed by atoms with Gasteiger partial charge in [-0.2, -0.15) is 8.78 Å². The molecule has 0 saturated carbocycles. The second kappa shape index (κ2) is 6.95. The lowest BCUT2D eigenvalue weighted by Gasteiger charge is -2.12. The molecule has 0 spiro atoms. The average Bonchev–Trinajstić information content (AvgIpc) is 3.24. The topological polar surface area (TPSA) is 66.3 Å². The van der Waals surface area contributed by atoms with E-state index >= 15 is 0 Å². The Balaban J connectivity index is 1.64. The van der Waals surface area contributed by atoms with Crippen molar-refractivity contribution in [2.24, 2.45) is 4.99 Å². The van der Waals surface area contributed by atoms with Gasteiger partial charge in [0.05, 0.1) is 0 Å². The SMILES string of the molecule is Cc1cc(/C=C2\N=C(c3ccc4c(c3)OCO4)OC2=O)cc(C)c1OC(F)F. The van der Waals surface area contributed by atoms with E-state index in [1.807, 2.05) is 0 Å². The number of rotatable bonds is 4. The molecular weight excluding hydrogens is 372 g/mol. The third-order valence-corrected chi connectivity index (χ3v) is 4.23. The minimum Gasteiger partial charge on any atom is -0.454 e. The third-order valence-electron chi connectivity index (χ3n) is 4.23. The molecule has 0 aliphatic carbocycles. The van der Waals surface area contributed by atoms with Crippen LogP contribution < -0.4 is 14.2 Å². The number of halogens is 2. The van der Waals surface area contributed by atoms with Crippen molar-refractivity contribution < 1.29 is 32.5 Å². The van der Waals surface area contributed by atoms with E-state index in [2.05, 4.69) is 9.73 Å². The zero-order chi connectivity index (χ0) is 19.8. The number of aliphatic imine (C=N–C) groups is 1. The molecule has 8 heteroatoms. The summed E-state index contributed by atoms with van der Waals surface area (Å²) < 4.78 is 45.4. The Morgan fingerprint density at radius 2 is 1.82 bits per heavy atom. The quantitative estimate of drug-likeness (QED) is 0.587. The molecule has 0 aromatic heterocycles. The molecule has 2 aromatic carbocycles. The van der Waals surface area contributed by atoms with Gasteiger partial charge in [-0.3, -0.25) is 0 Å². The van der Waals surface area contributed by atoms with Gasteiger partial charge in [-0.1, -0.05) is 0 Å². The van der Waals surface area contributed by atoms with Crippen LogP contribution in [0.3, 0.4) is 0 Å². The number of benzene rings is 2. The first kappa shape index (κ1) is 18.0. The zero-order valence-corrected chi connectivity index (χ0v) is 15.0. The Labute approximate surface area is 159 Å². The minimum absolute atomic E-state index is 0.106. The number of alkyl halides is 2. The number of aryl methyl sites for hydroxylation is 2. The minimum atomic E-state index is -2.90. The third kappa shape index (κ3) is 3.40. The number of esters is 1. The summed E-state index contributed by atoms with van der Waals surface area (Å²) in [5.41, 5.74) is 2.36. The van der Waals surface area contributed by atoms with E-state index in [1.165, 1.54) is 6.08 Å². The molecule has 28 heavy (non-hydrogen) atoms. The van der Waals surface area contributed by atoms with Crippen LogP contribution in [0.25, 0.3) is 6.08 Å². The van der Waals surface area contributed by atoms with Crippen molar-refractivity contribution in [2.45, 2.75) is 20.5 Å². The number of nitrogens with zero attached hydrogens (tertiary/aromatic N) is 1. The van der Waals surface area contributed by atoms with E-state index in [4.69, 9.17) is 14.2 Å². The lowest BCUT2D eigenvalue weighted by atomic mass is 10.0. The van der Waals surface area contributed by atoms with Gasteiger partial charge in [0, 0.05) is 5.56 Å². The second-order valence-electron chi connectivity index (χ2n) is 6.27. The maximum atomic E-state index is 12.5. The Hall–Kier alpha value is -3.42. The van der Waals surface area contributed by atoms with Crippen LogP contribution in [0, 0.1) is 13.8 Å². The maximum Gasteiger partial charge on any atom is 0.387 e. The van der Waals surface area contributed by atoms with Crippen molar-refractivity contribution in [3.05, 3.63) is 58.3 Å². The number of hydrogen-bond donors (Lipinski definition) is 0. The van der Waals surface area contributed by atoms with E-state index in [1.54, 1.807) is 44.2 Å². The second-order valence-corrected chi connectivity index (χ2v) is 6.27. The van der Waals surface area contributed by atoms with Crippen LogP contribution in [0.4, 0.5) is 8.78 Å². The molecule has 6 nitrogen and oxygen atoms in total. The van der Waals surface area contributed by atoms with Gasteiger partial charge in [0.1, 0.15) is 5.75 Å². The van der Waals surface area contributed by atoms with Gasteiger partial charge in [-0.15, -0.1) is 0 Å². The van der Waals surface area contributed by atoms with Crippen molar-refractivity contribution in [1.29, 1.82) is 0 Å². The van der Waals surface area contributed by atoms with Gasteiger partial charge in [0.25, 0.3) is 0 Å². The fraction of sp³-hybridized carbons (Fsp3) is 0.200.